The number of nitrogens with one attached hydrogen (secondary N) is 1. The minimum atomic E-state index is -3.68. The van der Waals surface area contributed by atoms with Crippen LogP contribution < -0.4 is 14.2 Å². The van der Waals surface area contributed by atoms with Crippen molar-refractivity contribution in [3.8, 4) is 11.5 Å². The lowest BCUT2D eigenvalue weighted by Crippen LogP contribution is -2.23. The van der Waals surface area contributed by atoms with E-state index in [2.05, 4.69) is 9.46 Å². The molecule has 0 aromatic heterocycles. The molecule has 0 bridgehead atoms. The van der Waals surface area contributed by atoms with Gasteiger partial charge in [0.2, 0.25) is 10.0 Å². The number of hydrogen-bond acceptors (Lipinski definition) is 4. The summed E-state index contributed by atoms with van der Waals surface area (Å²) in [7, 11) is -2.35. The third-order valence-electron chi connectivity index (χ3n) is 4.54. The lowest BCUT2D eigenvalue weighted by Gasteiger charge is -2.17. The molecule has 0 unspecified atom stereocenters. The van der Waals surface area contributed by atoms with Gasteiger partial charge in [-0.2, -0.15) is 8.78 Å². The molecule has 0 atom stereocenters. The van der Waals surface area contributed by atoms with Gasteiger partial charge < -0.3 is 9.47 Å². The minimum absolute atomic E-state index is 0.00470. The average molecular weight is 397 g/mol. The Kier molecular flexibility index (Phi) is 5.96. The number of rotatable bonds is 7. The molecule has 2 aromatic rings. The normalized spacial score (nSPS) is 14.1. The first kappa shape index (κ1) is 19.6. The molecule has 1 aliphatic rings. The van der Waals surface area contributed by atoms with E-state index in [9.17, 15) is 17.2 Å². The number of halogens is 2. The van der Waals surface area contributed by atoms with E-state index in [4.69, 9.17) is 4.74 Å². The van der Waals surface area contributed by atoms with Gasteiger partial charge in [-0.1, -0.05) is 12.1 Å². The summed E-state index contributed by atoms with van der Waals surface area (Å²) in [6.07, 6.45) is 4.07. The Morgan fingerprint density at radius 2 is 1.78 bits per heavy atom. The summed E-state index contributed by atoms with van der Waals surface area (Å²) in [5, 5.41) is 0. The number of alkyl halides is 2. The first-order chi connectivity index (χ1) is 12.9. The van der Waals surface area contributed by atoms with E-state index in [1.807, 2.05) is 6.07 Å². The molecule has 1 N–H and O–H groups in total. The van der Waals surface area contributed by atoms with Crippen molar-refractivity contribution in [1.82, 2.24) is 4.72 Å². The van der Waals surface area contributed by atoms with Gasteiger partial charge in [0.25, 0.3) is 0 Å². The molecule has 0 radical (unpaired) electrons. The van der Waals surface area contributed by atoms with Crippen LogP contribution in [0.3, 0.4) is 0 Å². The molecular formula is C19H21F2NO4S. The quantitative estimate of drug-likeness (QED) is 0.775. The fourth-order valence-corrected chi connectivity index (χ4v) is 4.22. The Balaban J connectivity index is 1.73. The molecule has 2 aromatic carbocycles. The molecule has 5 nitrogen and oxygen atoms in total. The molecule has 1 aliphatic carbocycles. The van der Waals surface area contributed by atoms with E-state index >= 15 is 0 Å². The predicted molar refractivity (Wildman–Crippen MR) is 96.7 cm³/mol. The van der Waals surface area contributed by atoms with E-state index in [1.54, 1.807) is 12.1 Å². The lowest BCUT2D eigenvalue weighted by atomic mass is 9.92. The number of hydrogen-bond donors (Lipinski definition) is 1. The molecular weight excluding hydrogens is 376 g/mol. The summed E-state index contributed by atoms with van der Waals surface area (Å²) in [6.45, 7) is -2.96. The van der Waals surface area contributed by atoms with Crippen LogP contribution in [-0.2, 0) is 29.4 Å². The Bertz CT molecular complexity index is 916. The number of sulfonamides is 1. The maximum absolute atomic E-state index is 12.6. The zero-order valence-corrected chi connectivity index (χ0v) is 15.7. The van der Waals surface area contributed by atoms with Gasteiger partial charge in [-0.25, -0.2) is 13.1 Å². The molecule has 27 heavy (non-hydrogen) atoms. The molecule has 0 amide bonds. The van der Waals surface area contributed by atoms with Crippen molar-refractivity contribution >= 4 is 10.0 Å². The van der Waals surface area contributed by atoms with E-state index in [-0.39, 0.29) is 22.9 Å². The van der Waals surface area contributed by atoms with Crippen LogP contribution in [0.15, 0.2) is 41.3 Å². The number of benzene rings is 2. The Hall–Kier alpha value is -2.19. The second-order valence-corrected chi connectivity index (χ2v) is 8.09. The van der Waals surface area contributed by atoms with E-state index < -0.39 is 16.6 Å². The molecule has 0 spiro atoms. The highest BCUT2D eigenvalue weighted by Gasteiger charge is 2.18. The van der Waals surface area contributed by atoms with E-state index in [0.29, 0.717) is 5.56 Å². The molecule has 8 heteroatoms. The summed E-state index contributed by atoms with van der Waals surface area (Å²) in [6, 6.07) is 9.53. The second-order valence-electron chi connectivity index (χ2n) is 6.33. The number of methoxy groups -OCH3 is 1. The van der Waals surface area contributed by atoms with Crippen LogP contribution in [0, 0.1) is 0 Å². The second kappa shape index (κ2) is 8.22. The van der Waals surface area contributed by atoms with Crippen LogP contribution in [-0.4, -0.2) is 22.1 Å². The highest BCUT2D eigenvalue weighted by molar-refractivity contribution is 7.89. The molecule has 3 rings (SSSR count). The maximum Gasteiger partial charge on any atom is 0.387 e. The first-order valence-corrected chi connectivity index (χ1v) is 10.1. The SMILES string of the molecule is COc1cc(CNS(=O)(=O)c2ccc3c(c2)CCCC3)ccc1OC(F)F. The van der Waals surface area contributed by atoms with Gasteiger partial charge in [0.05, 0.1) is 12.0 Å². The smallest absolute Gasteiger partial charge is 0.387 e. The molecule has 0 fully saturated rings. The maximum atomic E-state index is 12.6. The zero-order valence-electron chi connectivity index (χ0n) is 14.9. The van der Waals surface area contributed by atoms with Crippen molar-refractivity contribution in [2.45, 2.75) is 43.7 Å². The van der Waals surface area contributed by atoms with E-state index in [1.165, 1.54) is 30.9 Å². The van der Waals surface area contributed by atoms with Crippen molar-refractivity contribution in [3.63, 3.8) is 0 Å². The van der Waals surface area contributed by atoms with Crippen LogP contribution in [0.1, 0.15) is 29.5 Å². The standard InChI is InChI=1S/C19H21F2NO4S/c1-25-18-10-13(6-9-17(18)26-19(20)21)12-22-27(23,24)16-8-7-14-4-2-3-5-15(14)11-16/h6-11,19,22H,2-5,12H2,1H3. The lowest BCUT2D eigenvalue weighted by molar-refractivity contribution is -0.0512. The van der Waals surface area contributed by atoms with Gasteiger partial charge in [-0.05, 0) is 66.6 Å². The third-order valence-corrected chi connectivity index (χ3v) is 5.94. The fourth-order valence-electron chi connectivity index (χ4n) is 3.15. The minimum Gasteiger partial charge on any atom is -0.493 e. The monoisotopic (exact) mass is 397 g/mol. The first-order valence-electron chi connectivity index (χ1n) is 8.62. The Morgan fingerprint density at radius 1 is 1.04 bits per heavy atom. The summed E-state index contributed by atoms with van der Waals surface area (Å²) in [5.74, 6) is 0.00886. The van der Waals surface area contributed by atoms with Crippen molar-refractivity contribution < 1.29 is 26.7 Å². The molecule has 146 valence electrons. The van der Waals surface area contributed by atoms with Crippen molar-refractivity contribution in [2.75, 3.05) is 7.11 Å². The average Bonchev–Trinajstić information content (AvgIpc) is 2.66. The fraction of sp³-hybridized carbons (Fsp3) is 0.368. The predicted octanol–water partition coefficient (Wildman–Crippen LogP) is 3.65. The van der Waals surface area contributed by atoms with Crippen molar-refractivity contribution in [1.29, 1.82) is 0 Å². The highest BCUT2D eigenvalue weighted by Crippen LogP contribution is 2.29. The van der Waals surface area contributed by atoms with Crippen LogP contribution in [0.25, 0.3) is 0 Å². The van der Waals surface area contributed by atoms with Gasteiger partial charge in [0.1, 0.15) is 0 Å². The Morgan fingerprint density at radius 3 is 2.48 bits per heavy atom. The largest absolute Gasteiger partial charge is 0.493 e. The summed E-state index contributed by atoms with van der Waals surface area (Å²) in [4.78, 5) is 0.229. The van der Waals surface area contributed by atoms with Crippen LogP contribution >= 0.6 is 0 Å². The molecule has 0 saturated carbocycles. The van der Waals surface area contributed by atoms with Gasteiger partial charge in [0, 0.05) is 6.54 Å². The number of fused-ring (bicyclic) bond motifs is 1. The van der Waals surface area contributed by atoms with Gasteiger partial charge in [-0.15, -0.1) is 0 Å². The van der Waals surface area contributed by atoms with Crippen LogP contribution in [0.2, 0.25) is 0 Å². The van der Waals surface area contributed by atoms with Gasteiger partial charge >= 0.3 is 6.61 Å². The summed E-state index contributed by atoms with van der Waals surface area (Å²) < 4.78 is 61.9. The molecule has 0 heterocycles. The number of ether oxygens (including phenoxy) is 2. The topological polar surface area (TPSA) is 64.6 Å². The van der Waals surface area contributed by atoms with E-state index in [0.717, 1.165) is 31.2 Å². The summed E-state index contributed by atoms with van der Waals surface area (Å²) >= 11 is 0. The van der Waals surface area contributed by atoms with Gasteiger partial charge in [0.15, 0.2) is 11.5 Å². The van der Waals surface area contributed by atoms with Crippen LogP contribution in [0.5, 0.6) is 11.5 Å². The summed E-state index contributed by atoms with van der Waals surface area (Å²) in [5.41, 5.74) is 2.86. The van der Waals surface area contributed by atoms with Gasteiger partial charge in [-0.3, -0.25) is 0 Å². The zero-order chi connectivity index (χ0) is 19.4. The Labute approximate surface area is 157 Å². The van der Waals surface area contributed by atoms with Crippen LogP contribution in [0.4, 0.5) is 8.78 Å². The van der Waals surface area contributed by atoms with Crippen molar-refractivity contribution in [3.05, 3.63) is 53.1 Å². The van der Waals surface area contributed by atoms with Crippen molar-refractivity contribution in [2.24, 2.45) is 0 Å². The molecule has 0 aliphatic heterocycles. The number of aryl methyl sites for hydroxylation is 2. The highest BCUT2D eigenvalue weighted by atomic mass is 32.2. The third kappa shape index (κ3) is 4.75. The molecule has 0 saturated heterocycles.